The van der Waals surface area contributed by atoms with Crippen LogP contribution in [0.2, 0.25) is 10.0 Å². The summed E-state index contributed by atoms with van der Waals surface area (Å²) in [4.78, 5) is 0. The zero-order valence-electron chi connectivity index (χ0n) is 10.9. The van der Waals surface area contributed by atoms with E-state index in [0.29, 0.717) is 0 Å². The topological polar surface area (TPSA) is 12.0 Å². The highest BCUT2D eigenvalue weighted by Gasteiger charge is 2.06. The number of halogens is 2. The Morgan fingerprint density at radius 3 is 2.53 bits per heavy atom. The molecule has 1 nitrogen and oxygen atoms in total. The number of hydrogen-bond acceptors (Lipinski definition) is 1. The number of benzene rings is 2. The second-order valence-corrected chi connectivity index (χ2v) is 5.36. The third-order valence-electron chi connectivity index (χ3n) is 2.95. The molecule has 2 aromatic rings. The molecule has 1 N–H and O–H groups in total. The highest BCUT2D eigenvalue weighted by atomic mass is 35.5. The Bertz CT molecular complexity index is 552. The fourth-order valence-corrected chi connectivity index (χ4v) is 2.43. The van der Waals surface area contributed by atoms with E-state index in [1.165, 1.54) is 11.1 Å². The van der Waals surface area contributed by atoms with Gasteiger partial charge in [0.15, 0.2) is 0 Å². The SMILES string of the molecule is CCCNCc1cc(Cl)ccc1-c1cccc(Cl)c1. The van der Waals surface area contributed by atoms with Crippen LogP contribution in [-0.4, -0.2) is 6.54 Å². The molecule has 19 heavy (non-hydrogen) atoms. The van der Waals surface area contributed by atoms with Crippen molar-refractivity contribution < 1.29 is 0 Å². The normalized spacial score (nSPS) is 10.7. The molecule has 0 atom stereocenters. The van der Waals surface area contributed by atoms with Gasteiger partial charge in [-0.05, 0) is 53.9 Å². The fourth-order valence-electron chi connectivity index (χ4n) is 2.05. The standard InChI is InChI=1S/C16H17Cl2N/c1-2-8-19-11-13-10-15(18)6-7-16(13)12-4-3-5-14(17)9-12/h3-7,9-10,19H,2,8,11H2,1H3. The third kappa shape index (κ3) is 3.97. The minimum atomic E-state index is 0.750. The van der Waals surface area contributed by atoms with Crippen molar-refractivity contribution in [3.63, 3.8) is 0 Å². The van der Waals surface area contributed by atoms with E-state index >= 15 is 0 Å². The van der Waals surface area contributed by atoms with Crippen molar-refractivity contribution in [2.45, 2.75) is 19.9 Å². The summed E-state index contributed by atoms with van der Waals surface area (Å²) in [5.74, 6) is 0. The summed E-state index contributed by atoms with van der Waals surface area (Å²) in [7, 11) is 0. The van der Waals surface area contributed by atoms with Gasteiger partial charge in [-0.3, -0.25) is 0 Å². The zero-order valence-corrected chi connectivity index (χ0v) is 12.4. The molecule has 100 valence electrons. The van der Waals surface area contributed by atoms with Gasteiger partial charge in [-0.1, -0.05) is 48.3 Å². The Kier molecular flexibility index (Phi) is 5.26. The van der Waals surface area contributed by atoms with Crippen molar-refractivity contribution in [1.29, 1.82) is 0 Å². The maximum Gasteiger partial charge on any atom is 0.0412 e. The molecule has 3 heteroatoms. The number of hydrogen-bond donors (Lipinski definition) is 1. The van der Waals surface area contributed by atoms with Gasteiger partial charge in [0.2, 0.25) is 0 Å². The summed E-state index contributed by atoms with van der Waals surface area (Å²) >= 11 is 12.2. The molecule has 0 unspecified atom stereocenters. The fraction of sp³-hybridized carbons (Fsp3) is 0.250. The minimum Gasteiger partial charge on any atom is -0.313 e. The van der Waals surface area contributed by atoms with Crippen LogP contribution in [0.5, 0.6) is 0 Å². The predicted octanol–water partition coefficient (Wildman–Crippen LogP) is 5.16. The number of rotatable bonds is 5. The molecule has 0 bridgehead atoms. The second kappa shape index (κ2) is 6.95. The Balaban J connectivity index is 2.33. The minimum absolute atomic E-state index is 0.750. The Morgan fingerprint density at radius 2 is 1.79 bits per heavy atom. The summed E-state index contributed by atoms with van der Waals surface area (Å²) in [6, 6.07) is 13.9. The quantitative estimate of drug-likeness (QED) is 0.751. The van der Waals surface area contributed by atoms with Crippen LogP contribution in [-0.2, 0) is 6.54 Å². The molecule has 0 radical (unpaired) electrons. The predicted molar refractivity (Wildman–Crippen MR) is 83.9 cm³/mol. The monoisotopic (exact) mass is 293 g/mol. The summed E-state index contributed by atoms with van der Waals surface area (Å²) in [6.07, 6.45) is 1.12. The van der Waals surface area contributed by atoms with Gasteiger partial charge in [0.05, 0.1) is 0 Å². The van der Waals surface area contributed by atoms with Gasteiger partial charge in [0, 0.05) is 16.6 Å². The van der Waals surface area contributed by atoms with Gasteiger partial charge in [0.25, 0.3) is 0 Å². The summed E-state index contributed by atoms with van der Waals surface area (Å²) < 4.78 is 0. The van der Waals surface area contributed by atoms with Crippen molar-refractivity contribution >= 4 is 23.2 Å². The van der Waals surface area contributed by atoms with E-state index in [1.807, 2.05) is 30.3 Å². The van der Waals surface area contributed by atoms with Crippen LogP contribution >= 0.6 is 23.2 Å². The highest BCUT2D eigenvalue weighted by Crippen LogP contribution is 2.28. The van der Waals surface area contributed by atoms with Crippen LogP contribution in [0, 0.1) is 0 Å². The molecule has 0 heterocycles. The summed E-state index contributed by atoms with van der Waals surface area (Å²) in [6.45, 7) is 3.97. The lowest BCUT2D eigenvalue weighted by molar-refractivity contribution is 0.676. The van der Waals surface area contributed by atoms with E-state index in [1.54, 1.807) is 0 Å². The van der Waals surface area contributed by atoms with Crippen LogP contribution in [0.15, 0.2) is 42.5 Å². The Labute approximate surface area is 124 Å². The van der Waals surface area contributed by atoms with Gasteiger partial charge >= 0.3 is 0 Å². The summed E-state index contributed by atoms with van der Waals surface area (Å²) in [5.41, 5.74) is 3.50. The molecular weight excluding hydrogens is 277 g/mol. The molecule has 0 fully saturated rings. The summed E-state index contributed by atoms with van der Waals surface area (Å²) in [5, 5.41) is 4.92. The zero-order chi connectivity index (χ0) is 13.7. The first-order valence-corrected chi connectivity index (χ1v) is 7.21. The lowest BCUT2D eigenvalue weighted by Crippen LogP contribution is -2.14. The van der Waals surface area contributed by atoms with E-state index in [-0.39, 0.29) is 0 Å². The second-order valence-electron chi connectivity index (χ2n) is 4.49. The van der Waals surface area contributed by atoms with Crippen LogP contribution in [0.1, 0.15) is 18.9 Å². The molecule has 0 aliphatic rings. The Hall–Kier alpha value is -1.02. The van der Waals surface area contributed by atoms with Crippen molar-refractivity contribution in [3.05, 3.63) is 58.1 Å². The van der Waals surface area contributed by atoms with Crippen LogP contribution in [0.25, 0.3) is 11.1 Å². The average Bonchev–Trinajstić information content (AvgIpc) is 2.39. The van der Waals surface area contributed by atoms with Gasteiger partial charge in [-0.15, -0.1) is 0 Å². The van der Waals surface area contributed by atoms with Crippen molar-refractivity contribution in [1.82, 2.24) is 5.32 Å². The molecule has 2 rings (SSSR count). The van der Waals surface area contributed by atoms with E-state index < -0.39 is 0 Å². The molecule has 0 aliphatic heterocycles. The first-order valence-electron chi connectivity index (χ1n) is 6.46. The molecular formula is C16H17Cl2N. The largest absolute Gasteiger partial charge is 0.313 e. The molecule has 0 amide bonds. The molecule has 0 aromatic heterocycles. The maximum absolute atomic E-state index is 6.09. The number of nitrogens with one attached hydrogen (secondary N) is 1. The van der Waals surface area contributed by atoms with E-state index in [0.717, 1.165) is 35.1 Å². The highest BCUT2D eigenvalue weighted by molar-refractivity contribution is 6.31. The molecule has 0 saturated carbocycles. The smallest absolute Gasteiger partial charge is 0.0412 e. The first kappa shape index (κ1) is 14.4. The van der Waals surface area contributed by atoms with E-state index in [2.05, 4.69) is 24.4 Å². The Morgan fingerprint density at radius 1 is 1.00 bits per heavy atom. The van der Waals surface area contributed by atoms with Gasteiger partial charge in [-0.25, -0.2) is 0 Å². The lowest BCUT2D eigenvalue weighted by atomic mass is 9.99. The molecule has 0 spiro atoms. The van der Waals surface area contributed by atoms with Crippen molar-refractivity contribution in [3.8, 4) is 11.1 Å². The van der Waals surface area contributed by atoms with Crippen LogP contribution in [0.4, 0.5) is 0 Å². The van der Waals surface area contributed by atoms with E-state index in [4.69, 9.17) is 23.2 Å². The van der Waals surface area contributed by atoms with Gasteiger partial charge in [-0.2, -0.15) is 0 Å². The van der Waals surface area contributed by atoms with Crippen LogP contribution < -0.4 is 5.32 Å². The van der Waals surface area contributed by atoms with Crippen molar-refractivity contribution in [2.24, 2.45) is 0 Å². The van der Waals surface area contributed by atoms with Crippen LogP contribution in [0.3, 0.4) is 0 Å². The van der Waals surface area contributed by atoms with Crippen molar-refractivity contribution in [2.75, 3.05) is 6.54 Å². The van der Waals surface area contributed by atoms with Gasteiger partial charge < -0.3 is 5.32 Å². The average molecular weight is 294 g/mol. The first-order chi connectivity index (χ1) is 9.20. The third-order valence-corrected chi connectivity index (χ3v) is 3.42. The molecule has 0 aliphatic carbocycles. The van der Waals surface area contributed by atoms with Gasteiger partial charge in [0.1, 0.15) is 0 Å². The maximum atomic E-state index is 6.09. The van der Waals surface area contributed by atoms with E-state index in [9.17, 15) is 0 Å². The molecule has 0 saturated heterocycles. The lowest BCUT2D eigenvalue weighted by Gasteiger charge is -2.11. The molecule has 2 aromatic carbocycles.